The first-order valence-electron chi connectivity index (χ1n) is 5.70. The molecule has 1 aromatic rings. The van der Waals surface area contributed by atoms with Gasteiger partial charge in [-0.05, 0) is 64.3 Å². The second kappa shape index (κ2) is 4.80. The van der Waals surface area contributed by atoms with E-state index in [1.165, 1.54) is 16.7 Å². The average molecular weight is 205 g/mol. The van der Waals surface area contributed by atoms with Gasteiger partial charge in [0.15, 0.2) is 0 Å². The highest BCUT2D eigenvalue weighted by Gasteiger charge is 2.08. The van der Waals surface area contributed by atoms with Crippen molar-refractivity contribution in [2.45, 2.75) is 46.6 Å². The Balaban J connectivity index is 2.55. The minimum atomic E-state index is 0.220. The van der Waals surface area contributed by atoms with Crippen LogP contribution in [0.5, 0.6) is 0 Å². The van der Waals surface area contributed by atoms with Crippen LogP contribution in [-0.2, 0) is 6.42 Å². The maximum absolute atomic E-state index is 3.52. The van der Waals surface area contributed by atoms with Crippen LogP contribution in [-0.4, -0.2) is 12.1 Å². The van der Waals surface area contributed by atoms with Gasteiger partial charge in [0.2, 0.25) is 0 Å². The minimum absolute atomic E-state index is 0.220. The van der Waals surface area contributed by atoms with Crippen molar-refractivity contribution in [1.82, 2.24) is 5.32 Å². The van der Waals surface area contributed by atoms with E-state index in [1.807, 2.05) is 0 Å². The molecule has 0 heterocycles. The van der Waals surface area contributed by atoms with Crippen molar-refractivity contribution < 1.29 is 0 Å². The van der Waals surface area contributed by atoms with Crippen molar-refractivity contribution >= 4 is 0 Å². The zero-order chi connectivity index (χ0) is 11.5. The molecule has 0 amide bonds. The molecule has 1 aromatic carbocycles. The molecule has 0 spiro atoms. The van der Waals surface area contributed by atoms with Crippen LogP contribution in [0.25, 0.3) is 0 Å². The summed E-state index contributed by atoms with van der Waals surface area (Å²) < 4.78 is 0. The minimum Gasteiger partial charge on any atom is -0.312 e. The fourth-order valence-electron chi connectivity index (χ4n) is 1.65. The molecule has 0 aliphatic carbocycles. The molecule has 84 valence electrons. The molecule has 0 radical (unpaired) electrons. The first-order chi connectivity index (χ1) is 6.90. The Hall–Kier alpha value is -0.820. The van der Waals surface area contributed by atoms with Crippen LogP contribution in [0.2, 0.25) is 0 Å². The standard InChI is InChI=1S/C14H23N/c1-11-7-6-8-13(12(11)2)9-10-15-14(3,4)5/h6-8,15H,9-10H2,1-5H3. The van der Waals surface area contributed by atoms with E-state index in [9.17, 15) is 0 Å². The molecule has 0 aliphatic rings. The van der Waals surface area contributed by atoms with Crippen LogP contribution >= 0.6 is 0 Å². The van der Waals surface area contributed by atoms with E-state index in [0.717, 1.165) is 13.0 Å². The SMILES string of the molecule is Cc1cccc(CCNC(C)(C)C)c1C. The number of benzene rings is 1. The number of nitrogens with one attached hydrogen (secondary N) is 1. The Kier molecular flexibility index (Phi) is 3.92. The van der Waals surface area contributed by atoms with Gasteiger partial charge >= 0.3 is 0 Å². The predicted octanol–water partition coefficient (Wildman–Crippen LogP) is 3.23. The van der Waals surface area contributed by atoms with Gasteiger partial charge in [-0.25, -0.2) is 0 Å². The van der Waals surface area contributed by atoms with Crippen LogP contribution < -0.4 is 5.32 Å². The van der Waals surface area contributed by atoms with Crippen molar-refractivity contribution in [2.24, 2.45) is 0 Å². The summed E-state index contributed by atoms with van der Waals surface area (Å²) in [6.07, 6.45) is 1.12. The summed E-state index contributed by atoms with van der Waals surface area (Å²) in [6.45, 7) is 12.0. The van der Waals surface area contributed by atoms with Crippen LogP contribution in [0, 0.1) is 13.8 Å². The quantitative estimate of drug-likeness (QED) is 0.799. The molecule has 1 rings (SSSR count). The smallest absolute Gasteiger partial charge is 0.00966 e. The molecule has 0 saturated heterocycles. The molecule has 0 aromatic heterocycles. The monoisotopic (exact) mass is 205 g/mol. The van der Waals surface area contributed by atoms with E-state index in [1.54, 1.807) is 0 Å². The van der Waals surface area contributed by atoms with Crippen molar-refractivity contribution in [3.63, 3.8) is 0 Å². The lowest BCUT2D eigenvalue weighted by Gasteiger charge is -2.21. The summed E-state index contributed by atoms with van der Waals surface area (Å²) in [7, 11) is 0. The van der Waals surface area contributed by atoms with Gasteiger partial charge in [0.05, 0.1) is 0 Å². The lowest BCUT2D eigenvalue weighted by Crippen LogP contribution is -2.37. The molecule has 0 saturated carbocycles. The van der Waals surface area contributed by atoms with Gasteiger partial charge in [0.1, 0.15) is 0 Å². The lowest BCUT2D eigenvalue weighted by molar-refractivity contribution is 0.429. The second-order valence-electron chi connectivity index (χ2n) is 5.29. The Bertz CT molecular complexity index is 321. The average Bonchev–Trinajstić information content (AvgIpc) is 2.10. The van der Waals surface area contributed by atoms with Crippen LogP contribution in [0.3, 0.4) is 0 Å². The van der Waals surface area contributed by atoms with E-state index in [0.29, 0.717) is 0 Å². The topological polar surface area (TPSA) is 12.0 Å². The maximum Gasteiger partial charge on any atom is 0.00966 e. The fraction of sp³-hybridized carbons (Fsp3) is 0.571. The van der Waals surface area contributed by atoms with Crippen molar-refractivity contribution in [3.05, 3.63) is 34.9 Å². The third kappa shape index (κ3) is 4.05. The Morgan fingerprint density at radius 1 is 1.13 bits per heavy atom. The first-order valence-corrected chi connectivity index (χ1v) is 5.70. The van der Waals surface area contributed by atoms with Crippen LogP contribution in [0.4, 0.5) is 0 Å². The molecular formula is C14H23N. The fourth-order valence-corrected chi connectivity index (χ4v) is 1.65. The van der Waals surface area contributed by atoms with Gasteiger partial charge < -0.3 is 5.32 Å². The molecule has 15 heavy (non-hydrogen) atoms. The van der Waals surface area contributed by atoms with Crippen molar-refractivity contribution in [1.29, 1.82) is 0 Å². The second-order valence-corrected chi connectivity index (χ2v) is 5.29. The first kappa shape index (κ1) is 12.3. The molecular weight excluding hydrogens is 182 g/mol. The summed E-state index contributed by atoms with van der Waals surface area (Å²) in [6, 6.07) is 6.55. The van der Waals surface area contributed by atoms with Gasteiger partial charge in [-0.1, -0.05) is 18.2 Å². The van der Waals surface area contributed by atoms with E-state index in [-0.39, 0.29) is 5.54 Å². The van der Waals surface area contributed by atoms with E-state index >= 15 is 0 Å². The van der Waals surface area contributed by atoms with Crippen molar-refractivity contribution in [3.8, 4) is 0 Å². The van der Waals surface area contributed by atoms with E-state index in [4.69, 9.17) is 0 Å². The molecule has 0 atom stereocenters. The summed E-state index contributed by atoms with van der Waals surface area (Å²) in [5.74, 6) is 0. The lowest BCUT2D eigenvalue weighted by atomic mass is 10.0. The molecule has 0 bridgehead atoms. The molecule has 0 fully saturated rings. The number of hydrogen-bond donors (Lipinski definition) is 1. The summed E-state index contributed by atoms with van der Waals surface area (Å²) >= 11 is 0. The highest BCUT2D eigenvalue weighted by molar-refractivity contribution is 5.33. The Morgan fingerprint density at radius 3 is 2.40 bits per heavy atom. The number of hydrogen-bond acceptors (Lipinski definition) is 1. The zero-order valence-electron chi connectivity index (χ0n) is 10.6. The predicted molar refractivity (Wildman–Crippen MR) is 67.4 cm³/mol. The van der Waals surface area contributed by atoms with E-state index < -0.39 is 0 Å². The third-order valence-electron chi connectivity index (χ3n) is 2.77. The third-order valence-corrected chi connectivity index (χ3v) is 2.77. The Labute approximate surface area is 93.9 Å². The van der Waals surface area contributed by atoms with Gasteiger partial charge in [0.25, 0.3) is 0 Å². The van der Waals surface area contributed by atoms with Gasteiger partial charge in [-0.2, -0.15) is 0 Å². The Morgan fingerprint density at radius 2 is 1.80 bits per heavy atom. The van der Waals surface area contributed by atoms with E-state index in [2.05, 4.69) is 58.1 Å². The largest absolute Gasteiger partial charge is 0.312 e. The maximum atomic E-state index is 3.52. The molecule has 1 N–H and O–H groups in total. The molecule has 1 heteroatoms. The highest BCUT2D eigenvalue weighted by atomic mass is 14.9. The zero-order valence-corrected chi connectivity index (χ0v) is 10.6. The van der Waals surface area contributed by atoms with Gasteiger partial charge in [-0.3, -0.25) is 0 Å². The summed E-state index contributed by atoms with van der Waals surface area (Å²) in [5, 5.41) is 3.52. The van der Waals surface area contributed by atoms with Crippen LogP contribution in [0.15, 0.2) is 18.2 Å². The van der Waals surface area contributed by atoms with Crippen LogP contribution in [0.1, 0.15) is 37.5 Å². The molecule has 0 aliphatic heterocycles. The highest BCUT2D eigenvalue weighted by Crippen LogP contribution is 2.13. The molecule has 0 unspecified atom stereocenters. The molecule has 1 nitrogen and oxygen atoms in total. The summed E-state index contributed by atoms with van der Waals surface area (Å²) in [5.41, 5.74) is 4.51. The normalized spacial score (nSPS) is 11.8. The number of aryl methyl sites for hydroxylation is 1. The van der Waals surface area contributed by atoms with Gasteiger partial charge in [0, 0.05) is 5.54 Å². The number of rotatable bonds is 3. The summed E-state index contributed by atoms with van der Waals surface area (Å²) in [4.78, 5) is 0. The van der Waals surface area contributed by atoms with Crippen molar-refractivity contribution in [2.75, 3.05) is 6.54 Å². The van der Waals surface area contributed by atoms with Gasteiger partial charge in [-0.15, -0.1) is 0 Å².